The van der Waals surface area contributed by atoms with Crippen LogP contribution in [0.1, 0.15) is 22.3 Å². The molecule has 15 nitrogen and oxygen atoms in total. The normalized spacial score (nSPS) is 12.6. The zero-order valence-electron chi connectivity index (χ0n) is 25.9. The van der Waals surface area contributed by atoms with Crippen molar-refractivity contribution in [2.45, 2.75) is 35.4 Å². The van der Waals surface area contributed by atoms with E-state index < -0.39 is 26.3 Å². The van der Waals surface area contributed by atoms with E-state index in [0.29, 0.717) is 20.4 Å². The van der Waals surface area contributed by atoms with Crippen molar-refractivity contribution in [3.05, 3.63) is 82.9 Å². The highest BCUT2D eigenvalue weighted by Crippen LogP contribution is 2.42. The number of thiophene rings is 2. The van der Waals surface area contributed by atoms with Crippen LogP contribution in [-0.2, 0) is 33.3 Å². The Hall–Kier alpha value is -5.05. The maximum Gasteiger partial charge on any atom is 0.326 e. The van der Waals surface area contributed by atoms with Crippen molar-refractivity contribution in [3.63, 3.8) is 0 Å². The van der Waals surface area contributed by atoms with Gasteiger partial charge < -0.3 is 8.83 Å². The summed E-state index contributed by atoms with van der Waals surface area (Å²) in [5.74, 6) is 0.0740. The first-order valence-electron chi connectivity index (χ1n) is 14.7. The predicted octanol–water partition coefficient (Wildman–Crippen LogP) is 6.85. The number of benzene rings is 2. The van der Waals surface area contributed by atoms with E-state index in [-0.39, 0.29) is 55.5 Å². The summed E-state index contributed by atoms with van der Waals surface area (Å²) in [5.41, 5.74) is 5.46. The molecule has 8 aromatic rings. The molecule has 2 aromatic carbocycles. The fourth-order valence-electron chi connectivity index (χ4n) is 5.56. The first-order valence-corrected chi connectivity index (χ1v) is 19.2. The fourth-order valence-corrected chi connectivity index (χ4v) is 9.14. The van der Waals surface area contributed by atoms with Crippen molar-refractivity contribution < 1.29 is 39.6 Å². The van der Waals surface area contributed by atoms with Gasteiger partial charge in [-0.2, -0.15) is 16.8 Å². The van der Waals surface area contributed by atoms with Crippen LogP contribution in [0.5, 0.6) is 0 Å². The molecule has 256 valence electrons. The third-order valence-corrected chi connectivity index (χ3v) is 12.8. The third kappa shape index (κ3) is 5.72. The smallest absolute Gasteiger partial charge is 0.326 e. The number of furan rings is 2. The summed E-state index contributed by atoms with van der Waals surface area (Å²) in [6.07, 6.45) is 0. The summed E-state index contributed by atoms with van der Waals surface area (Å²) in [6, 6.07) is 17.1. The van der Waals surface area contributed by atoms with E-state index in [4.69, 9.17) is 8.83 Å². The van der Waals surface area contributed by atoms with Crippen molar-refractivity contribution >= 4 is 103 Å². The van der Waals surface area contributed by atoms with Gasteiger partial charge in [-0.1, -0.05) is 59.7 Å². The van der Waals surface area contributed by atoms with Crippen LogP contribution in [0.15, 0.2) is 77.9 Å². The highest BCUT2D eigenvalue weighted by atomic mass is 32.3. The van der Waals surface area contributed by atoms with Crippen LogP contribution in [0.2, 0.25) is 0 Å². The number of rotatable bonds is 8. The van der Waals surface area contributed by atoms with E-state index in [2.05, 4.69) is 20.8 Å². The molecule has 19 heteroatoms. The van der Waals surface area contributed by atoms with Gasteiger partial charge >= 0.3 is 26.3 Å². The first kappa shape index (κ1) is 32.2. The number of fused-ring (bicyclic) bond motifs is 6. The Bertz CT molecular complexity index is 2660. The van der Waals surface area contributed by atoms with Crippen LogP contribution in [0.3, 0.4) is 0 Å². The molecule has 0 saturated carbocycles. The second-order valence-electron chi connectivity index (χ2n) is 11.6. The number of hydrogen-bond donors (Lipinski definition) is 4. The summed E-state index contributed by atoms with van der Waals surface area (Å²) in [4.78, 5) is 13.5. The molecule has 0 radical (unpaired) electrons. The molecule has 2 amide bonds. The maximum atomic E-state index is 13.5. The van der Waals surface area contributed by atoms with Gasteiger partial charge in [-0.3, -0.25) is 29.1 Å². The molecule has 0 spiro atoms. The quantitative estimate of drug-likeness (QED) is 0.118. The molecule has 0 saturated heterocycles. The van der Waals surface area contributed by atoms with E-state index >= 15 is 0 Å². The van der Waals surface area contributed by atoms with Gasteiger partial charge in [0.1, 0.15) is 31.6 Å². The molecule has 6 heterocycles. The summed E-state index contributed by atoms with van der Waals surface area (Å²) in [7, 11) is -8.98. The lowest BCUT2D eigenvalue weighted by atomic mass is 10.1. The fraction of sp³-hybridized carbons (Fsp3) is 0.129. The summed E-state index contributed by atoms with van der Waals surface area (Å²) in [6.45, 7) is 4.43. The summed E-state index contributed by atoms with van der Waals surface area (Å²) in [5, 5.41) is 14.5. The Labute approximate surface area is 290 Å². The van der Waals surface area contributed by atoms with Crippen molar-refractivity contribution in [1.82, 2.24) is 19.6 Å². The molecule has 0 aliphatic carbocycles. The number of carbonyl (C=O) groups is 1. The van der Waals surface area contributed by atoms with Gasteiger partial charge in [-0.25, -0.2) is 4.79 Å². The number of aryl methyl sites for hydroxylation is 2. The highest BCUT2D eigenvalue weighted by molar-refractivity contribution is 7.88. The standard InChI is InChI=1S/C31H24N6O9S4/c1-15-3-7-17(8-4-15)13-36-23-25(45-19-11-21(47-27(19)23)49(39,40)41)29(34-36)32-31(38)33-30-26-24(28-20(46-26)12-22(48-28)50(42,43)44)37(35-30)14-18-9-5-16(2)6-10-18/h3-12H,13-14H2,1-2H3,(H,39,40,41)(H,42,43,44)(H2,32,33,34,35,38). The number of carbonyl (C=O) groups excluding carboxylic acids is 1. The van der Waals surface area contributed by atoms with Crippen LogP contribution in [-0.4, -0.2) is 51.5 Å². The Morgan fingerprint density at radius 3 is 1.44 bits per heavy atom. The number of nitrogens with zero attached hydrogens (tertiary/aromatic N) is 4. The Morgan fingerprint density at radius 2 is 1.08 bits per heavy atom. The average Bonchev–Trinajstić information content (AvgIpc) is 3.85. The van der Waals surface area contributed by atoms with Crippen molar-refractivity contribution in [3.8, 4) is 0 Å². The minimum Gasteiger partial charge on any atom is -0.449 e. The van der Waals surface area contributed by atoms with Gasteiger partial charge in [0.05, 0.1) is 13.1 Å². The molecule has 50 heavy (non-hydrogen) atoms. The molecule has 0 bridgehead atoms. The summed E-state index contributed by atoms with van der Waals surface area (Å²) >= 11 is 1.63. The second-order valence-corrected chi connectivity index (χ2v) is 17.0. The zero-order valence-corrected chi connectivity index (χ0v) is 29.1. The maximum absolute atomic E-state index is 13.5. The number of amides is 2. The Morgan fingerprint density at radius 1 is 0.700 bits per heavy atom. The highest BCUT2D eigenvalue weighted by Gasteiger charge is 2.28. The van der Waals surface area contributed by atoms with Crippen LogP contribution in [0.25, 0.3) is 42.8 Å². The SMILES string of the molecule is Cc1ccc(Cn2nc(NC(=O)Nc3nn(Cc4ccc(C)cc4)c4c3oc3cc(S(=O)(=O)O)sc34)c3oc4cc(S(=O)(=O)O)sc4c32)cc1. The van der Waals surface area contributed by atoms with Gasteiger partial charge in [0.15, 0.2) is 31.2 Å². The molecule has 0 unspecified atom stereocenters. The Balaban J connectivity index is 1.17. The molecule has 0 aliphatic rings. The average molecular weight is 753 g/mol. The minimum atomic E-state index is -4.49. The minimum absolute atomic E-state index is 0.0370. The van der Waals surface area contributed by atoms with Crippen molar-refractivity contribution in [1.29, 1.82) is 0 Å². The van der Waals surface area contributed by atoms with Gasteiger partial charge in [0.2, 0.25) is 0 Å². The van der Waals surface area contributed by atoms with Crippen LogP contribution >= 0.6 is 22.7 Å². The lowest BCUT2D eigenvalue weighted by molar-refractivity contribution is 0.262. The van der Waals surface area contributed by atoms with Crippen molar-refractivity contribution in [2.75, 3.05) is 10.6 Å². The molecular formula is C31H24N6O9S4. The third-order valence-electron chi connectivity index (χ3n) is 7.90. The van der Waals surface area contributed by atoms with Crippen LogP contribution in [0, 0.1) is 13.8 Å². The predicted molar refractivity (Wildman–Crippen MR) is 188 cm³/mol. The summed E-state index contributed by atoms with van der Waals surface area (Å²) < 4.78 is 82.0. The monoisotopic (exact) mass is 752 g/mol. The zero-order chi connectivity index (χ0) is 35.1. The van der Waals surface area contributed by atoms with Crippen molar-refractivity contribution in [2.24, 2.45) is 0 Å². The van der Waals surface area contributed by atoms with E-state index in [1.165, 1.54) is 12.1 Å². The van der Waals surface area contributed by atoms with Gasteiger partial charge in [-0.05, 0) is 25.0 Å². The molecule has 8 rings (SSSR count). The van der Waals surface area contributed by atoms with Crippen LogP contribution < -0.4 is 10.6 Å². The largest absolute Gasteiger partial charge is 0.449 e. The van der Waals surface area contributed by atoms with Crippen LogP contribution in [0.4, 0.5) is 16.4 Å². The van der Waals surface area contributed by atoms with E-state index in [1.807, 2.05) is 62.4 Å². The number of aromatic nitrogens is 4. The molecule has 0 fully saturated rings. The van der Waals surface area contributed by atoms with Gasteiger partial charge in [0, 0.05) is 12.1 Å². The number of anilines is 2. The lowest BCUT2D eigenvalue weighted by Crippen LogP contribution is -2.20. The second kappa shape index (κ2) is 11.5. The number of hydrogen-bond acceptors (Lipinski definition) is 11. The number of nitrogens with one attached hydrogen (secondary N) is 2. The van der Waals surface area contributed by atoms with Gasteiger partial charge in [-0.15, -0.1) is 32.9 Å². The van der Waals surface area contributed by atoms with E-state index in [9.17, 15) is 30.7 Å². The topological polar surface area (TPSA) is 212 Å². The van der Waals surface area contributed by atoms with Gasteiger partial charge in [0.25, 0.3) is 0 Å². The van der Waals surface area contributed by atoms with E-state index in [1.54, 1.807) is 9.36 Å². The molecule has 6 aromatic heterocycles. The molecule has 4 N–H and O–H groups in total. The Kier molecular flexibility index (Phi) is 7.40. The van der Waals surface area contributed by atoms with E-state index in [0.717, 1.165) is 44.9 Å². The number of urea groups is 1. The molecular weight excluding hydrogens is 729 g/mol. The first-order chi connectivity index (χ1) is 23.7. The molecule has 0 atom stereocenters. The lowest BCUT2D eigenvalue weighted by Gasteiger charge is -2.05. The molecule has 0 aliphatic heterocycles.